The lowest BCUT2D eigenvalue weighted by molar-refractivity contribution is 0.791. The smallest absolute Gasteiger partial charge is 0.197 e. The molecule has 0 aliphatic heterocycles. The van der Waals surface area contributed by atoms with Gasteiger partial charge in [-0.2, -0.15) is 0 Å². The molecule has 30 heavy (non-hydrogen) atoms. The van der Waals surface area contributed by atoms with Gasteiger partial charge in [0, 0.05) is 26.2 Å². The van der Waals surface area contributed by atoms with Gasteiger partial charge in [-0.15, -0.1) is 10.2 Å². The van der Waals surface area contributed by atoms with Crippen molar-refractivity contribution in [2.75, 3.05) is 11.9 Å². The van der Waals surface area contributed by atoms with Crippen molar-refractivity contribution in [2.24, 2.45) is 12.0 Å². The highest BCUT2D eigenvalue weighted by atomic mass is 32.2. The molecular weight excluding hydrogens is 394 g/mol. The number of aliphatic imine (C=N–C) groups is 1. The number of nitrogens with zero attached hydrogens (tertiary/aromatic N) is 7. The molecule has 0 atom stereocenters. The Morgan fingerprint density at radius 1 is 1.00 bits per heavy atom. The zero-order chi connectivity index (χ0) is 20.9. The zero-order valence-electron chi connectivity index (χ0n) is 16.8. The SMILES string of the molecule is C=Nc1c(Sc2nnc(-c3ccccc3)n2C)ncnc1N(C)Cc1ccccc1. The molecule has 4 aromatic rings. The van der Waals surface area contributed by atoms with Gasteiger partial charge >= 0.3 is 0 Å². The number of anilines is 1. The van der Waals surface area contributed by atoms with Gasteiger partial charge in [0.25, 0.3) is 0 Å². The summed E-state index contributed by atoms with van der Waals surface area (Å²) in [5.41, 5.74) is 2.82. The molecular formula is C22H21N7S. The second-order valence-electron chi connectivity index (χ2n) is 6.68. The summed E-state index contributed by atoms with van der Waals surface area (Å²) >= 11 is 1.40. The average molecular weight is 416 g/mol. The summed E-state index contributed by atoms with van der Waals surface area (Å²) < 4.78 is 1.95. The summed E-state index contributed by atoms with van der Waals surface area (Å²) in [5.74, 6) is 1.51. The molecule has 2 heterocycles. The van der Waals surface area contributed by atoms with Crippen molar-refractivity contribution < 1.29 is 0 Å². The van der Waals surface area contributed by atoms with E-state index < -0.39 is 0 Å². The fourth-order valence-corrected chi connectivity index (χ4v) is 3.94. The maximum Gasteiger partial charge on any atom is 0.197 e. The number of benzene rings is 2. The van der Waals surface area contributed by atoms with Crippen molar-refractivity contribution in [1.82, 2.24) is 24.7 Å². The van der Waals surface area contributed by atoms with E-state index in [1.54, 1.807) is 6.33 Å². The lowest BCUT2D eigenvalue weighted by atomic mass is 10.2. The van der Waals surface area contributed by atoms with Gasteiger partial charge in [-0.1, -0.05) is 60.7 Å². The van der Waals surface area contributed by atoms with E-state index in [2.05, 4.69) is 44.0 Å². The summed E-state index contributed by atoms with van der Waals surface area (Å²) in [7, 11) is 3.92. The van der Waals surface area contributed by atoms with Gasteiger partial charge in [-0.25, -0.2) is 9.97 Å². The Hall–Kier alpha value is -3.52. The van der Waals surface area contributed by atoms with E-state index in [1.165, 1.54) is 17.3 Å². The molecule has 0 fully saturated rings. The topological polar surface area (TPSA) is 72.1 Å². The molecule has 0 bridgehead atoms. The Morgan fingerprint density at radius 3 is 2.40 bits per heavy atom. The minimum atomic E-state index is 0.630. The first kappa shape index (κ1) is 19.8. The van der Waals surface area contributed by atoms with Crippen molar-refractivity contribution in [3.8, 4) is 11.4 Å². The lowest BCUT2D eigenvalue weighted by Crippen LogP contribution is -2.18. The van der Waals surface area contributed by atoms with Crippen LogP contribution < -0.4 is 4.90 Å². The Morgan fingerprint density at radius 2 is 1.70 bits per heavy atom. The summed E-state index contributed by atoms with van der Waals surface area (Å²) in [6.45, 7) is 4.45. The predicted molar refractivity (Wildman–Crippen MR) is 120 cm³/mol. The summed E-state index contributed by atoms with van der Waals surface area (Å²) in [4.78, 5) is 15.1. The first-order valence-corrected chi connectivity index (χ1v) is 10.2. The Bertz CT molecular complexity index is 1140. The van der Waals surface area contributed by atoms with Crippen LogP contribution in [0.3, 0.4) is 0 Å². The van der Waals surface area contributed by atoms with E-state index in [0.29, 0.717) is 22.4 Å². The van der Waals surface area contributed by atoms with Gasteiger partial charge in [0.15, 0.2) is 16.8 Å². The fraction of sp³-hybridized carbons (Fsp3) is 0.136. The van der Waals surface area contributed by atoms with Gasteiger partial charge in [0.2, 0.25) is 0 Å². The largest absolute Gasteiger partial charge is 0.353 e. The number of aromatic nitrogens is 5. The molecule has 0 spiro atoms. The molecule has 0 saturated heterocycles. The molecule has 0 aliphatic rings. The van der Waals surface area contributed by atoms with Crippen molar-refractivity contribution in [3.05, 3.63) is 72.6 Å². The van der Waals surface area contributed by atoms with Crippen molar-refractivity contribution in [3.63, 3.8) is 0 Å². The van der Waals surface area contributed by atoms with Crippen LogP contribution in [0, 0.1) is 0 Å². The normalized spacial score (nSPS) is 10.7. The molecule has 0 saturated carbocycles. The average Bonchev–Trinajstić information content (AvgIpc) is 3.15. The van der Waals surface area contributed by atoms with E-state index in [9.17, 15) is 0 Å². The minimum absolute atomic E-state index is 0.630. The summed E-state index contributed by atoms with van der Waals surface area (Å²) in [5, 5.41) is 10.1. The highest BCUT2D eigenvalue weighted by molar-refractivity contribution is 7.99. The van der Waals surface area contributed by atoms with E-state index in [1.807, 2.05) is 72.1 Å². The maximum absolute atomic E-state index is 4.45. The lowest BCUT2D eigenvalue weighted by Gasteiger charge is -2.20. The van der Waals surface area contributed by atoms with Crippen LogP contribution in [-0.4, -0.2) is 38.5 Å². The molecule has 4 rings (SSSR count). The van der Waals surface area contributed by atoms with E-state index >= 15 is 0 Å². The maximum atomic E-state index is 4.45. The third-order valence-electron chi connectivity index (χ3n) is 4.61. The van der Waals surface area contributed by atoms with Gasteiger partial charge in [0.05, 0.1) is 0 Å². The number of hydrogen-bond donors (Lipinski definition) is 0. The standard InChI is InChI=1S/C22H21N7S/c1-23-18-20(28(2)14-16-10-6-4-7-11-16)24-15-25-21(18)30-22-27-26-19(29(22)3)17-12-8-5-9-13-17/h4-13,15H,1,14H2,2-3H3. The molecule has 0 aliphatic carbocycles. The number of rotatable bonds is 7. The first-order chi connectivity index (χ1) is 14.7. The fourth-order valence-electron chi connectivity index (χ4n) is 3.11. The zero-order valence-corrected chi connectivity index (χ0v) is 17.6. The van der Waals surface area contributed by atoms with Crippen molar-refractivity contribution in [1.29, 1.82) is 0 Å². The molecule has 0 N–H and O–H groups in total. The highest BCUT2D eigenvalue weighted by Crippen LogP contribution is 2.38. The van der Waals surface area contributed by atoms with Crippen LogP contribution in [0.25, 0.3) is 11.4 Å². The van der Waals surface area contributed by atoms with Crippen LogP contribution in [0.2, 0.25) is 0 Å². The van der Waals surface area contributed by atoms with E-state index in [-0.39, 0.29) is 0 Å². The third kappa shape index (κ3) is 4.08. The van der Waals surface area contributed by atoms with Crippen LogP contribution in [-0.2, 0) is 13.6 Å². The Labute approximate surface area is 179 Å². The Balaban J connectivity index is 1.62. The number of hydrogen-bond acceptors (Lipinski definition) is 7. The molecule has 0 radical (unpaired) electrons. The highest BCUT2D eigenvalue weighted by Gasteiger charge is 2.19. The first-order valence-electron chi connectivity index (χ1n) is 9.37. The second-order valence-corrected chi connectivity index (χ2v) is 7.64. The minimum Gasteiger partial charge on any atom is -0.353 e. The van der Waals surface area contributed by atoms with Gasteiger partial charge in [-0.3, -0.25) is 4.99 Å². The summed E-state index contributed by atoms with van der Waals surface area (Å²) in [6.07, 6.45) is 1.54. The quantitative estimate of drug-likeness (QED) is 0.329. The van der Waals surface area contributed by atoms with Crippen LogP contribution in [0.5, 0.6) is 0 Å². The molecule has 2 aromatic heterocycles. The monoisotopic (exact) mass is 415 g/mol. The molecule has 0 unspecified atom stereocenters. The molecule has 150 valence electrons. The van der Waals surface area contributed by atoms with Crippen LogP contribution >= 0.6 is 11.8 Å². The van der Waals surface area contributed by atoms with Crippen LogP contribution in [0.15, 0.2) is 82.2 Å². The van der Waals surface area contributed by atoms with Gasteiger partial charge in [0.1, 0.15) is 17.0 Å². The van der Waals surface area contributed by atoms with E-state index in [0.717, 1.165) is 17.2 Å². The van der Waals surface area contributed by atoms with Crippen molar-refractivity contribution >= 4 is 30.0 Å². The molecule has 0 amide bonds. The van der Waals surface area contributed by atoms with Gasteiger partial charge in [-0.05, 0) is 24.0 Å². The second kappa shape index (κ2) is 8.87. The van der Waals surface area contributed by atoms with Crippen LogP contribution in [0.4, 0.5) is 11.5 Å². The van der Waals surface area contributed by atoms with Crippen LogP contribution in [0.1, 0.15) is 5.56 Å². The van der Waals surface area contributed by atoms with Crippen molar-refractivity contribution in [2.45, 2.75) is 16.7 Å². The summed E-state index contributed by atoms with van der Waals surface area (Å²) in [6, 6.07) is 20.2. The van der Waals surface area contributed by atoms with Gasteiger partial charge < -0.3 is 9.47 Å². The molecule has 8 heteroatoms. The third-order valence-corrected chi connectivity index (χ3v) is 5.64. The van der Waals surface area contributed by atoms with E-state index in [4.69, 9.17) is 0 Å². The Kier molecular flexibility index (Phi) is 5.85. The predicted octanol–water partition coefficient (Wildman–Crippen LogP) is 4.39. The molecule has 7 nitrogen and oxygen atoms in total. The molecule has 2 aromatic carbocycles.